The molecule has 134 valence electrons. The molecule has 0 bridgehead atoms. The Hall–Kier alpha value is -3.87. The Kier molecular flexibility index (Phi) is 4.40. The molecule has 0 aliphatic carbocycles. The molecule has 0 aliphatic heterocycles. The van der Waals surface area contributed by atoms with Crippen LogP contribution in [0, 0.1) is 0 Å². The van der Waals surface area contributed by atoms with E-state index < -0.39 is 5.91 Å². The van der Waals surface area contributed by atoms with Crippen molar-refractivity contribution < 1.29 is 4.79 Å². The van der Waals surface area contributed by atoms with Crippen molar-refractivity contribution in [1.82, 2.24) is 20.0 Å². The Labute approximate surface area is 154 Å². The first-order valence-electron chi connectivity index (χ1n) is 8.45. The maximum atomic E-state index is 12.8. The Morgan fingerprint density at radius 1 is 1.04 bits per heavy atom. The van der Waals surface area contributed by atoms with Gasteiger partial charge in [-0.05, 0) is 5.56 Å². The van der Waals surface area contributed by atoms with Crippen molar-refractivity contribution in [1.29, 1.82) is 0 Å². The molecule has 2 aromatic carbocycles. The van der Waals surface area contributed by atoms with Gasteiger partial charge in [-0.15, -0.1) is 0 Å². The molecule has 3 N–H and O–H groups in total. The SMILES string of the molecule is O=C(Nc1c[nH][nH]c1=O)c1cn(Cc2ccccc2)nc1-c1ccccc1. The average molecular weight is 359 g/mol. The van der Waals surface area contributed by atoms with Crippen LogP contribution >= 0.6 is 0 Å². The van der Waals surface area contributed by atoms with E-state index in [9.17, 15) is 9.59 Å². The van der Waals surface area contributed by atoms with Gasteiger partial charge in [-0.2, -0.15) is 5.10 Å². The predicted molar refractivity (Wildman–Crippen MR) is 103 cm³/mol. The number of anilines is 1. The van der Waals surface area contributed by atoms with Crippen LogP contribution in [0.3, 0.4) is 0 Å². The summed E-state index contributed by atoms with van der Waals surface area (Å²) in [5.41, 5.74) is 2.65. The smallest absolute Gasteiger partial charge is 0.287 e. The van der Waals surface area contributed by atoms with Gasteiger partial charge in [0.15, 0.2) is 0 Å². The van der Waals surface area contributed by atoms with Crippen LogP contribution < -0.4 is 10.9 Å². The van der Waals surface area contributed by atoms with Gasteiger partial charge in [-0.1, -0.05) is 60.7 Å². The summed E-state index contributed by atoms with van der Waals surface area (Å²) in [6.07, 6.45) is 3.11. The Morgan fingerprint density at radius 3 is 2.41 bits per heavy atom. The van der Waals surface area contributed by atoms with Crippen molar-refractivity contribution in [2.24, 2.45) is 0 Å². The fraction of sp³-hybridized carbons (Fsp3) is 0.0500. The second-order valence-electron chi connectivity index (χ2n) is 6.05. The Morgan fingerprint density at radius 2 is 1.74 bits per heavy atom. The summed E-state index contributed by atoms with van der Waals surface area (Å²) in [5.74, 6) is -0.390. The lowest BCUT2D eigenvalue weighted by atomic mass is 10.1. The zero-order valence-electron chi connectivity index (χ0n) is 14.3. The molecule has 0 saturated carbocycles. The average Bonchev–Trinajstić information content (AvgIpc) is 3.30. The van der Waals surface area contributed by atoms with Crippen molar-refractivity contribution in [3.63, 3.8) is 0 Å². The lowest BCUT2D eigenvalue weighted by Gasteiger charge is -2.02. The molecule has 0 radical (unpaired) electrons. The number of hydrogen-bond donors (Lipinski definition) is 3. The standard InChI is InChI=1S/C20H17N5O2/c26-19(22-17-11-21-23-20(17)27)16-13-25(12-14-7-3-1-4-8-14)24-18(16)15-9-5-2-6-10-15/h1-11,13H,12H2,(H,22,26)(H2,21,23,27). The molecule has 4 aromatic rings. The van der Waals surface area contributed by atoms with Crippen LogP contribution in [0.5, 0.6) is 0 Å². The molecule has 0 spiro atoms. The highest BCUT2D eigenvalue weighted by molar-refractivity contribution is 6.07. The summed E-state index contributed by atoms with van der Waals surface area (Å²) in [6.45, 7) is 0.540. The summed E-state index contributed by atoms with van der Waals surface area (Å²) in [7, 11) is 0. The van der Waals surface area contributed by atoms with Crippen LogP contribution in [0.2, 0.25) is 0 Å². The number of benzene rings is 2. The van der Waals surface area contributed by atoms with Crippen molar-refractivity contribution >= 4 is 11.6 Å². The normalized spacial score (nSPS) is 10.7. The first-order chi connectivity index (χ1) is 13.2. The van der Waals surface area contributed by atoms with Gasteiger partial charge in [-0.3, -0.25) is 19.4 Å². The number of aromatic nitrogens is 4. The molecule has 0 aliphatic rings. The molecular weight excluding hydrogens is 342 g/mol. The fourth-order valence-electron chi connectivity index (χ4n) is 2.84. The van der Waals surface area contributed by atoms with Gasteiger partial charge in [0.05, 0.1) is 12.1 Å². The van der Waals surface area contributed by atoms with E-state index in [0.717, 1.165) is 11.1 Å². The number of carbonyl (C=O) groups is 1. The molecule has 1 amide bonds. The molecule has 2 aromatic heterocycles. The first kappa shape index (κ1) is 16.6. The molecular formula is C20H17N5O2. The van der Waals surface area contributed by atoms with Gasteiger partial charge >= 0.3 is 0 Å². The minimum absolute atomic E-state index is 0.162. The topological polar surface area (TPSA) is 95.6 Å². The first-order valence-corrected chi connectivity index (χ1v) is 8.45. The number of nitrogens with one attached hydrogen (secondary N) is 3. The third kappa shape index (κ3) is 3.57. The van der Waals surface area contributed by atoms with Crippen molar-refractivity contribution in [3.8, 4) is 11.3 Å². The lowest BCUT2D eigenvalue weighted by Crippen LogP contribution is -2.17. The number of H-pyrrole nitrogens is 2. The van der Waals surface area contributed by atoms with Crippen molar-refractivity contribution in [2.75, 3.05) is 5.32 Å². The van der Waals surface area contributed by atoms with Crippen LogP contribution in [-0.2, 0) is 6.54 Å². The van der Waals surface area contributed by atoms with Gasteiger partial charge in [0.2, 0.25) is 0 Å². The molecule has 2 heterocycles. The minimum Gasteiger partial charge on any atom is -0.316 e. The largest absolute Gasteiger partial charge is 0.316 e. The second kappa shape index (κ2) is 7.17. The van der Waals surface area contributed by atoms with Crippen LogP contribution in [0.4, 0.5) is 5.69 Å². The number of carbonyl (C=O) groups excluding carboxylic acids is 1. The summed E-state index contributed by atoms with van der Waals surface area (Å²) in [5, 5.41) is 12.2. The molecule has 0 fully saturated rings. The van der Waals surface area contributed by atoms with Gasteiger partial charge < -0.3 is 10.4 Å². The van der Waals surface area contributed by atoms with Crippen molar-refractivity contribution in [3.05, 3.63) is 94.5 Å². The van der Waals surface area contributed by atoms with Crippen LogP contribution in [-0.4, -0.2) is 25.9 Å². The highest BCUT2D eigenvalue weighted by Crippen LogP contribution is 2.23. The monoisotopic (exact) mass is 359 g/mol. The Bertz CT molecular complexity index is 1110. The summed E-state index contributed by atoms with van der Waals surface area (Å²) < 4.78 is 1.73. The number of aromatic amines is 2. The van der Waals surface area contributed by atoms with E-state index in [4.69, 9.17) is 0 Å². The van der Waals surface area contributed by atoms with Gasteiger partial charge in [0, 0.05) is 18.0 Å². The van der Waals surface area contributed by atoms with Crippen molar-refractivity contribution in [2.45, 2.75) is 6.54 Å². The number of rotatable bonds is 5. The third-order valence-electron chi connectivity index (χ3n) is 4.14. The molecule has 0 atom stereocenters. The third-order valence-corrected chi connectivity index (χ3v) is 4.14. The van der Waals surface area contributed by atoms with E-state index in [1.807, 2.05) is 60.7 Å². The van der Waals surface area contributed by atoms with E-state index in [1.54, 1.807) is 10.9 Å². The second-order valence-corrected chi connectivity index (χ2v) is 6.05. The van der Waals surface area contributed by atoms with Gasteiger partial charge in [0.1, 0.15) is 11.4 Å². The quantitative estimate of drug-likeness (QED) is 0.511. The molecule has 7 heteroatoms. The van der Waals surface area contributed by atoms with Crippen LogP contribution in [0.25, 0.3) is 11.3 Å². The molecule has 4 rings (SSSR count). The molecule has 7 nitrogen and oxygen atoms in total. The summed E-state index contributed by atoms with van der Waals surface area (Å²) in [6, 6.07) is 19.4. The van der Waals surface area contributed by atoms with E-state index >= 15 is 0 Å². The summed E-state index contributed by atoms with van der Waals surface area (Å²) in [4.78, 5) is 24.5. The zero-order chi connectivity index (χ0) is 18.6. The summed E-state index contributed by atoms with van der Waals surface area (Å²) >= 11 is 0. The molecule has 0 saturated heterocycles. The van der Waals surface area contributed by atoms with E-state index in [1.165, 1.54) is 6.20 Å². The maximum absolute atomic E-state index is 12.8. The Balaban J connectivity index is 1.71. The fourth-order valence-corrected chi connectivity index (χ4v) is 2.84. The van der Waals surface area contributed by atoms with Crippen LogP contribution in [0.1, 0.15) is 15.9 Å². The number of amides is 1. The number of nitrogens with zero attached hydrogens (tertiary/aromatic N) is 2. The van der Waals surface area contributed by atoms with E-state index in [-0.39, 0.29) is 11.2 Å². The van der Waals surface area contributed by atoms with Gasteiger partial charge in [0.25, 0.3) is 11.5 Å². The van der Waals surface area contributed by atoms with E-state index in [2.05, 4.69) is 20.6 Å². The maximum Gasteiger partial charge on any atom is 0.287 e. The highest BCUT2D eigenvalue weighted by Gasteiger charge is 2.19. The highest BCUT2D eigenvalue weighted by atomic mass is 16.2. The predicted octanol–water partition coefficient (Wildman–Crippen LogP) is 2.87. The number of hydrogen-bond acceptors (Lipinski definition) is 3. The minimum atomic E-state index is -0.390. The van der Waals surface area contributed by atoms with Gasteiger partial charge in [-0.25, -0.2) is 0 Å². The lowest BCUT2D eigenvalue weighted by molar-refractivity contribution is 0.102. The zero-order valence-corrected chi connectivity index (χ0v) is 14.3. The van der Waals surface area contributed by atoms with Crippen LogP contribution in [0.15, 0.2) is 77.9 Å². The van der Waals surface area contributed by atoms with E-state index in [0.29, 0.717) is 17.8 Å². The molecule has 27 heavy (non-hydrogen) atoms. The molecule has 0 unspecified atom stereocenters.